The summed E-state index contributed by atoms with van der Waals surface area (Å²) in [5.41, 5.74) is 2.20. The third kappa shape index (κ3) is 12.5. The fraction of sp³-hybridized carbons (Fsp3) is 0.281. The lowest BCUT2D eigenvalue weighted by Crippen LogP contribution is -2.52. The Balaban J connectivity index is 1.64. The van der Waals surface area contributed by atoms with Crippen LogP contribution in [0.1, 0.15) is 42.4 Å². The topological polar surface area (TPSA) is 157 Å². The summed E-state index contributed by atoms with van der Waals surface area (Å²) in [4.78, 5) is 62.4. The average molecular weight is 591 g/mol. The number of rotatable bonds is 16. The molecule has 0 spiro atoms. The van der Waals surface area contributed by atoms with Crippen molar-refractivity contribution in [3.05, 3.63) is 108 Å². The zero-order valence-electron chi connectivity index (χ0n) is 23.5. The smallest absolute Gasteiger partial charge is 0.408 e. The summed E-state index contributed by atoms with van der Waals surface area (Å²) >= 11 is 0. The van der Waals surface area contributed by atoms with Crippen molar-refractivity contribution in [2.24, 2.45) is 0 Å². The number of aliphatic carboxylic acids is 1. The predicted molar refractivity (Wildman–Crippen MR) is 154 cm³/mol. The maximum atomic E-state index is 13.3. The lowest BCUT2D eigenvalue weighted by Gasteiger charge is -2.22. The molecular weight excluding hydrogens is 556 g/mol. The van der Waals surface area contributed by atoms with Gasteiger partial charge in [-0.2, -0.15) is 0 Å². The maximum Gasteiger partial charge on any atom is 0.408 e. The number of nitrogens with one attached hydrogen (secondary N) is 2. The second-order valence-electron chi connectivity index (χ2n) is 9.53. The molecule has 0 fully saturated rings. The van der Waals surface area contributed by atoms with Crippen LogP contribution in [0.15, 0.2) is 91.0 Å². The third-order valence-electron chi connectivity index (χ3n) is 6.17. The Morgan fingerprint density at radius 2 is 1.05 bits per heavy atom. The molecule has 11 nitrogen and oxygen atoms in total. The quantitative estimate of drug-likeness (QED) is 0.166. The minimum absolute atomic E-state index is 0.0353. The van der Waals surface area contributed by atoms with Gasteiger partial charge in [0.25, 0.3) is 0 Å². The number of carbonyl (C=O) groups is 5. The first-order chi connectivity index (χ1) is 20.8. The molecular formula is C32H34N2O9. The number of benzene rings is 3. The van der Waals surface area contributed by atoms with Crippen molar-refractivity contribution in [2.75, 3.05) is 0 Å². The molecule has 0 radical (unpaired) electrons. The van der Waals surface area contributed by atoms with Crippen LogP contribution in [0, 0.1) is 0 Å². The number of carbonyl (C=O) groups excluding carboxylic acids is 4. The molecule has 2 amide bonds. The fourth-order valence-electron chi connectivity index (χ4n) is 3.87. The number of amides is 2. The summed E-state index contributed by atoms with van der Waals surface area (Å²) in [6.07, 6.45) is -2.00. The minimum atomic E-state index is -1.32. The number of carboxylic acid groups (broad SMARTS) is 1. The van der Waals surface area contributed by atoms with E-state index in [1.165, 1.54) is 0 Å². The van der Waals surface area contributed by atoms with Crippen LogP contribution >= 0.6 is 0 Å². The van der Waals surface area contributed by atoms with Crippen molar-refractivity contribution in [1.82, 2.24) is 10.6 Å². The van der Waals surface area contributed by atoms with Crippen molar-refractivity contribution >= 4 is 29.9 Å². The van der Waals surface area contributed by atoms with Gasteiger partial charge in [-0.05, 0) is 29.5 Å². The predicted octanol–water partition coefficient (Wildman–Crippen LogP) is 3.90. The van der Waals surface area contributed by atoms with Crippen LogP contribution in [-0.4, -0.2) is 47.1 Å². The van der Waals surface area contributed by atoms with Gasteiger partial charge in [0, 0.05) is 12.8 Å². The van der Waals surface area contributed by atoms with Crippen LogP contribution in [0.25, 0.3) is 0 Å². The highest BCUT2D eigenvalue weighted by Crippen LogP contribution is 2.09. The Bertz CT molecular complexity index is 1330. The van der Waals surface area contributed by atoms with Crippen LogP contribution in [0.4, 0.5) is 4.79 Å². The van der Waals surface area contributed by atoms with Gasteiger partial charge in [0.1, 0.15) is 31.9 Å². The van der Waals surface area contributed by atoms with Gasteiger partial charge in [-0.1, -0.05) is 91.0 Å². The molecule has 0 aliphatic carbocycles. The molecule has 0 aromatic heterocycles. The van der Waals surface area contributed by atoms with Gasteiger partial charge in [0.2, 0.25) is 5.91 Å². The second kappa shape index (κ2) is 17.6. The lowest BCUT2D eigenvalue weighted by atomic mass is 10.1. The molecule has 0 heterocycles. The molecule has 0 bridgehead atoms. The van der Waals surface area contributed by atoms with Gasteiger partial charge in [0.15, 0.2) is 0 Å². The Morgan fingerprint density at radius 3 is 1.56 bits per heavy atom. The Hall–Kier alpha value is -5.19. The number of carboxylic acids is 1. The standard InChI is InChI=1S/C32H34N2O9/c35-28(36)18-16-27(31(39)42-21-24-12-6-2-7-13-24)33-30(38)26(34-32(40)43-22-25-14-8-3-9-15-25)17-19-29(37)41-20-23-10-4-1-5-11-23/h1-15,26-27H,16-22H2,(H,33,38)(H,34,40)(H,35,36). The normalized spacial score (nSPS) is 11.8. The van der Waals surface area contributed by atoms with Crippen molar-refractivity contribution in [3.63, 3.8) is 0 Å². The highest BCUT2D eigenvalue weighted by atomic mass is 16.6. The van der Waals surface area contributed by atoms with Gasteiger partial charge >= 0.3 is 24.0 Å². The molecule has 3 rings (SSSR count). The largest absolute Gasteiger partial charge is 0.481 e. The molecule has 0 saturated heterocycles. The zero-order valence-corrected chi connectivity index (χ0v) is 23.5. The van der Waals surface area contributed by atoms with Crippen molar-refractivity contribution in [3.8, 4) is 0 Å². The van der Waals surface area contributed by atoms with E-state index in [1.807, 2.05) is 12.1 Å². The molecule has 3 N–H and O–H groups in total. The number of alkyl carbamates (subject to hydrolysis) is 1. The average Bonchev–Trinajstić information content (AvgIpc) is 3.03. The molecule has 226 valence electrons. The van der Waals surface area contributed by atoms with Gasteiger partial charge in [-0.3, -0.25) is 14.4 Å². The third-order valence-corrected chi connectivity index (χ3v) is 6.17. The Labute approximate surface area is 249 Å². The zero-order chi connectivity index (χ0) is 30.9. The molecule has 3 aromatic carbocycles. The minimum Gasteiger partial charge on any atom is -0.481 e. The lowest BCUT2D eigenvalue weighted by molar-refractivity contribution is -0.150. The van der Waals surface area contributed by atoms with Gasteiger partial charge in [-0.25, -0.2) is 9.59 Å². The van der Waals surface area contributed by atoms with Crippen LogP contribution in [0.2, 0.25) is 0 Å². The van der Waals surface area contributed by atoms with Crippen LogP contribution in [-0.2, 0) is 53.2 Å². The van der Waals surface area contributed by atoms with E-state index in [2.05, 4.69) is 10.6 Å². The van der Waals surface area contributed by atoms with E-state index in [1.54, 1.807) is 78.9 Å². The highest BCUT2D eigenvalue weighted by molar-refractivity contribution is 5.90. The highest BCUT2D eigenvalue weighted by Gasteiger charge is 2.29. The van der Waals surface area contributed by atoms with Gasteiger partial charge in [0.05, 0.1) is 0 Å². The van der Waals surface area contributed by atoms with E-state index in [0.29, 0.717) is 5.56 Å². The fourth-order valence-corrected chi connectivity index (χ4v) is 3.87. The molecule has 2 unspecified atom stereocenters. The van der Waals surface area contributed by atoms with Crippen molar-refractivity contribution in [1.29, 1.82) is 0 Å². The molecule has 11 heteroatoms. The maximum absolute atomic E-state index is 13.3. The van der Waals surface area contributed by atoms with E-state index in [0.717, 1.165) is 11.1 Å². The van der Waals surface area contributed by atoms with E-state index >= 15 is 0 Å². The summed E-state index contributed by atoms with van der Waals surface area (Å²) in [7, 11) is 0. The summed E-state index contributed by atoms with van der Waals surface area (Å²) in [6, 6.07) is 24.1. The Kier molecular flexibility index (Phi) is 13.2. The molecule has 0 aliphatic heterocycles. The van der Waals surface area contributed by atoms with Crippen LogP contribution < -0.4 is 10.6 Å². The van der Waals surface area contributed by atoms with E-state index < -0.39 is 48.4 Å². The first-order valence-electron chi connectivity index (χ1n) is 13.7. The SMILES string of the molecule is O=C(O)CCC(NC(=O)C(CCC(=O)OCc1ccccc1)NC(=O)OCc1ccccc1)C(=O)OCc1ccccc1. The number of esters is 2. The van der Waals surface area contributed by atoms with Crippen LogP contribution in [0.5, 0.6) is 0 Å². The summed E-state index contributed by atoms with van der Waals surface area (Å²) in [6.45, 7) is -0.110. The molecule has 43 heavy (non-hydrogen) atoms. The Morgan fingerprint density at radius 1 is 0.581 bits per heavy atom. The number of hydrogen-bond acceptors (Lipinski definition) is 8. The molecule has 3 aromatic rings. The first kappa shape index (κ1) is 32.3. The molecule has 2 atom stereocenters. The van der Waals surface area contributed by atoms with E-state index in [4.69, 9.17) is 19.3 Å². The van der Waals surface area contributed by atoms with Crippen LogP contribution in [0.3, 0.4) is 0 Å². The first-order valence-corrected chi connectivity index (χ1v) is 13.7. The summed E-state index contributed by atoms with van der Waals surface area (Å²) in [5, 5.41) is 14.1. The van der Waals surface area contributed by atoms with Crippen molar-refractivity contribution < 1.29 is 43.3 Å². The number of hydrogen-bond donors (Lipinski definition) is 3. The van der Waals surface area contributed by atoms with E-state index in [9.17, 15) is 24.0 Å². The monoisotopic (exact) mass is 590 g/mol. The van der Waals surface area contributed by atoms with Gasteiger partial charge < -0.3 is 30.0 Å². The summed E-state index contributed by atoms with van der Waals surface area (Å²) in [5.74, 6) is -3.44. The van der Waals surface area contributed by atoms with Gasteiger partial charge in [-0.15, -0.1) is 0 Å². The van der Waals surface area contributed by atoms with E-state index in [-0.39, 0.29) is 39.1 Å². The summed E-state index contributed by atoms with van der Waals surface area (Å²) < 4.78 is 15.8. The molecule has 0 saturated carbocycles. The molecule has 0 aliphatic rings. The second-order valence-corrected chi connectivity index (χ2v) is 9.53. The van der Waals surface area contributed by atoms with Crippen molar-refractivity contribution in [2.45, 2.75) is 57.6 Å². The number of ether oxygens (including phenoxy) is 3.